The minimum atomic E-state index is -0.502. The summed E-state index contributed by atoms with van der Waals surface area (Å²) in [6, 6.07) is 16.8. The van der Waals surface area contributed by atoms with E-state index in [0.29, 0.717) is 0 Å². The van der Waals surface area contributed by atoms with Crippen LogP contribution >= 0.6 is 0 Å². The van der Waals surface area contributed by atoms with E-state index in [-0.39, 0.29) is 18.4 Å². The van der Waals surface area contributed by atoms with E-state index >= 15 is 0 Å². The minimum absolute atomic E-state index is 0.0551. The van der Waals surface area contributed by atoms with Gasteiger partial charge >= 0.3 is 0 Å². The number of para-hydroxylation sites is 1. The number of anilines is 1. The molecule has 138 valence electrons. The standard InChI is InChI=1S/C21H27N3O2/c1-5-16-11-9-10-14-18(16)22-19(25)15-24(4)20(21(26)23(2)3)17-12-7-6-8-13-17/h6-14,20H,5,15H2,1-4H3,(H,22,25). The van der Waals surface area contributed by atoms with E-state index in [1.807, 2.05) is 54.6 Å². The van der Waals surface area contributed by atoms with Gasteiger partial charge in [0.05, 0.1) is 6.54 Å². The number of nitrogens with zero attached hydrogens (tertiary/aromatic N) is 2. The van der Waals surface area contributed by atoms with E-state index in [1.165, 1.54) is 0 Å². The van der Waals surface area contributed by atoms with Gasteiger partial charge in [0, 0.05) is 19.8 Å². The third-order valence-electron chi connectivity index (χ3n) is 4.30. The van der Waals surface area contributed by atoms with Gasteiger partial charge in [-0.25, -0.2) is 0 Å². The molecule has 5 heteroatoms. The molecule has 5 nitrogen and oxygen atoms in total. The Balaban J connectivity index is 2.14. The van der Waals surface area contributed by atoms with Gasteiger partial charge in [-0.15, -0.1) is 0 Å². The third kappa shape index (κ3) is 4.92. The fourth-order valence-electron chi connectivity index (χ4n) is 2.92. The predicted molar refractivity (Wildman–Crippen MR) is 105 cm³/mol. The summed E-state index contributed by atoms with van der Waals surface area (Å²) in [5.41, 5.74) is 2.78. The minimum Gasteiger partial charge on any atom is -0.347 e. The first-order valence-corrected chi connectivity index (χ1v) is 8.78. The van der Waals surface area contributed by atoms with Crippen LogP contribution in [0.4, 0.5) is 5.69 Å². The number of carbonyl (C=O) groups is 2. The van der Waals surface area contributed by atoms with Crippen LogP contribution < -0.4 is 5.32 Å². The molecule has 1 unspecified atom stereocenters. The van der Waals surface area contributed by atoms with Gasteiger partial charge in [0.2, 0.25) is 11.8 Å². The molecule has 2 aromatic carbocycles. The first-order chi connectivity index (χ1) is 12.4. The average Bonchev–Trinajstić information content (AvgIpc) is 2.63. The highest BCUT2D eigenvalue weighted by atomic mass is 16.2. The van der Waals surface area contributed by atoms with Crippen molar-refractivity contribution < 1.29 is 9.59 Å². The molecule has 0 aromatic heterocycles. The number of nitrogens with one attached hydrogen (secondary N) is 1. The lowest BCUT2D eigenvalue weighted by molar-refractivity contribution is -0.134. The molecule has 0 bridgehead atoms. The molecule has 1 atom stereocenters. The SMILES string of the molecule is CCc1ccccc1NC(=O)CN(C)C(C(=O)N(C)C)c1ccccc1. The Kier molecular flexibility index (Phi) is 6.92. The molecular weight excluding hydrogens is 326 g/mol. The monoisotopic (exact) mass is 353 g/mol. The van der Waals surface area contributed by atoms with E-state index in [9.17, 15) is 9.59 Å². The Morgan fingerprint density at radius 3 is 2.19 bits per heavy atom. The zero-order valence-corrected chi connectivity index (χ0v) is 15.9. The van der Waals surface area contributed by atoms with Crippen LogP contribution in [0.5, 0.6) is 0 Å². The molecule has 0 fully saturated rings. The van der Waals surface area contributed by atoms with Gasteiger partial charge in [0.25, 0.3) is 0 Å². The van der Waals surface area contributed by atoms with Crippen molar-refractivity contribution in [2.75, 3.05) is 33.0 Å². The molecule has 0 heterocycles. The van der Waals surface area contributed by atoms with E-state index in [2.05, 4.69) is 12.2 Å². The molecular formula is C21H27N3O2. The third-order valence-corrected chi connectivity index (χ3v) is 4.30. The molecule has 0 aliphatic heterocycles. The Morgan fingerprint density at radius 1 is 0.962 bits per heavy atom. The Labute approximate surface area is 155 Å². The fraction of sp³-hybridized carbons (Fsp3) is 0.333. The zero-order valence-electron chi connectivity index (χ0n) is 15.9. The van der Waals surface area contributed by atoms with Gasteiger partial charge in [-0.2, -0.15) is 0 Å². The highest BCUT2D eigenvalue weighted by Gasteiger charge is 2.27. The average molecular weight is 353 g/mol. The van der Waals surface area contributed by atoms with Crippen molar-refractivity contribution in [2.24, 2.45) is 0 Å². The first kappa shape index (κ1) is 19.7. The van der Waals surface area contributed by atoms with Crippen LogP contribution in [0.1, 0.15) is 24.1 Å². The molecule has 26 heavy (non-hydrogen) atoms. The molecule has 0 spiro atoms. The number of carbonyl (C=O) groups excluding carboxylic acids is 2. The molecule has 0 aliphatic carbocycles. The Hall–Kier alpha value is -2.66. The van der Waals surface area contributed by atoms with E-state index in [4.69, 9.17) is 0 Å². The Bertz CT molecular complexity index is 744. The van der Waals surface area contributed by atoms with Crippen molar-refractivity contribution in [3.05, 3.63) is 65.7 Å². The number of amides is 2. The number of aryl methyl sites for hydroxylation is 1. The van der Waals surface area contributed by atoms with E-state index in [0.717, 1.165) is 23.2 Å². The lowest BCUT2D eigenvalue weighted by atomic mass is 10.0. The van der Waals surface area contributed by atoms with Gasteiger partial charge < -0.3 is 10.2 Å². The molecule has 0 radical (unpaired) electrons. The zero-order chi connectivity index (χ0) is 19.1. The van der Waals surface area contributed by atoms with Gasteiger partial charge in [0.15, 0.2) is 0 Å². The van der Waals surface area contributed by atoms with Crippen LogP contribution in [0.2, 0.25) is 0 Å². The molecule has 0 aliphatic rings. The van der Waals surface area contributed by atoms with Crippen LogP contribution in [-0.4, -0.2) is 49.3 Å². The van der Waals surface area contributed by atoms with Crippen molar-refractivity contribution in [3.8, 4) is 0 Å². The summed E-state index contributed by atoms with van der Waals surface area (Å²) in [5, 5.41) is 2.96. The van der Waals surface area contributed by atoms with Gasteiger partial charge in [-0.3, -0.25) is 14.5 Å². The number of likely N-dealkylation sites (N-methyl/N-ethyl adjacent to an activating group) is 2. The quantitative estimate of drug-likeness (QED) is 0.833. The summed E-state index contributed by atoms with van der Waals surface area (Å²) in [7, 11) is 5.25. The second kappa shape index (κ2) is 9.15. The lowest BCUT2D eigenvalue weighted by Crippen LogP contribution is -2.41. The van der Waals surface area contributed by atoms with Crippen LogP contribution in [0, 0.1) is 0 Å². The van der Waals surface area contributed by atoms with Gasteiger partial charge in [-0.1, -0.05) is 55.5 Å². The normalized spacial score (nSPS) is 11.9. The molecule has 2 rings (SSSR count). The van der Waals surface area contributed by atoms with Crippen LogP contribution in [0.15, 0.2) is 54.6 Å². The largest absolute Gasteiger partial charge is 0.347 e. The first-order valence-electron chi connectivity index (χ1n) is 8.78. The van der Waals surface area contributed by atoms with E-state index < -0.39 is 6.04 Å². The summed E-state index contributed by atoms with van der Waals surface area (Å²) in [5.74, 6) is -0.193. The van der Waals surface area contributed by atoms with Gasteiger partial charge in [-0.05, 0) is 30.7 Å². The van der Waals surface area contributed by atoms with Crippen molar-refractivity contribution in [1.29, 1.82) is 0 Å². The highest BCUT2D eigenvalue weighted by molar-refractivity contribution is 5.93. The van der Waals surface area contributed by atoms with Crippen molar-refractivity contribution in [2.45, 2.75) is 19.4 Å². The maximum atomic E-state index is 12.7. The summed E-state index contributed by atoms with van der Waals surface area (Å²) in [4.78, 5) is 28.6. The Morgan fingerprint density at radius 2 is 1.58 bits per heavy atom. The van der Waals surface area contributed by atoms with Crippen LogP contribution in [0.3, 0.4) is 0 Å². The predicted octanol–water partition coefficient (Wildman–Crippen LogP) is 2.95. The summed E-state index contributed by atoms with van der Waals surface area (Å²) in [6.45, 7) is 2.18. The van der Waals surface area contributed by atoms with Crippen LogP contribution in [0.25, 0.3) is 0 Å². The second-order valence-electron chi connectivity index (χ2n) is 6.52. The smallest absolute Gasteiger partial charge is 0.244 e. The number of benzene rings is 2. The molecule has 0 saturated heterocycles. The van der Waals surface area contributed by atoms with Crippen molar-refractivity contribution in [3.63, 3.8) is 0 Å². The van der Waals surface area contributed by atoms with Crippen LogP contribution in [-0.2, 0) is 16.0 Å². The summed E-state index contributed by atoms with van der Waals surface area (Å²) >= 11 is 0. The molecule has 2 amide bonds. The molecule has 1 N–H and O–H groups in total. The van der Waals surface area contributed by atoms with Crippen molar-refractivity contribution >= 4 is 17.5 Å². The maximum absolute atomic E-state index is 12.7. The molecule has 2 aromatic rings. The summed E-state index contributed by atoms with van der Waals surface area (Å²) < 4.78 is 0. The number of hydrogen-bond donors (Lipinski definition) is 1. The molecule has 0 saturated carbocycles. The lowest BCUT2D eigenvalue weighted by Gasteiger charge is -2.29. The topological polar surface area (TPSA) is 52.7 Å². The highest BCUT2D eigenvalue weighted by Crippen LogP contribution is 2.21. The number of rotatable bonds is 7. The maximum Gasteiger partial charge on any atom is 0.244 e. The fourth-order valence-corrected chi connectivity index (χ4v) is 2.92. The van der Waals surface area contributed by atoms with Gasteiger partial charge in [0.1, 0.15) is 6.04 Å². The van der Waals surface area contributed by atoms with E-state index in [1.54, 1.807) is 30.9 Å². The van der Waals surface area contributed by atoms with Crippen molar-refractivity contribution in [1.82, 2.24) is 9.80 Å². The summed E-state index contributed by atoms with van der Waals surface area (Å²) in [6.07, 6.45) is 0.845. The second-order valence-corrected chi connectivity index (χ2v) is 6.52. The number of hydrogen-bond acceptors (Lipinski definition) is 3.